The molecule has 3 aromatic rings. The Balaban J connectivity index is 1.64. The van der Waals surface area contributed by atoms with Crippen LogP contribution in [0.2, 0.25) is 0 Å². The van der Waals surface area contributed by atoms with Crippen LogP contribution in [-0.4, -0.2) is 40.1 Å². The molecule has 38 heavy (non-hydrogen) atoms. The minimum absolute atomic E-state index is 0.0313. The maximum Gasteiger partial charge on any atom is 0.254 e. The number of ketones is 1. The zero-order chi connectivity index (χ0) is 27.4. The van der Waals surface area contributed by atoms with Crippen LogP contribution in [0.15, 0.2) is 60.9 Å². The molecule has 0 spiro atoms. The molecule has 198 valence electrons. The Kier molecular flexibility index (Phi) is 8.40. The predicted octanol–water partition coefficient (Wildman–Crippen LogP) is 5.62. The molecule has 0 fully saturated rings. The van der Waals surface area contributed by atoms with Crippen LogP contribution in [0, 0.1) is 19.8 Å². The van der Waals surface area contributed by atoms with Gasteiger partial charge in [0.1, 0.15) is 11.8 Å². The number of hydrogen-bond donors (Lipinski definition) is 1. The molecule has 2 heterocycles. The van der Waals surface area contributed by atoms with Gasteiger partial charge in [-0.15, -0.1) is 0 Å². The lowest BCUT2D eigenvalue weighted by molar-refractivity contribution is -0.127. The Hall–Kier alpha value is -3.80. The second-order valence-corrected chi connectivity index (χ2v) is 10.8. The minimum atomic E-state index is -0.625. The summed E-state index contributed by atoms with van der Waals surface area (Å²) < 4.78 is 0. The number of rotatable bonds is 9. The number of nitrogens with one attached hydrogen (secondary N) is 1. The van der Waals surface area contributed by atoms with E-state index in [2.05, 4.69) is 36.3 Å². The van der Waals surface area contributed by atoms with Crippen LogP contribution < -0.4 is 5.32 Å². The van der Waals surface area contributed by atoms with E-state index in [4.69, 9.17) is 0 Å². The monoisotopic (exact) mass is 511 g/mol. The summed E-state index contributed by atoms with van der Waals surface area (Å²) in [6.45, 7) is 10.2. The minimum Gasteiger partial charge on any atom is -0.347 e. The first-order valence-corrected chi connectivity index (χ1v) is 13.4. The lowest BCUT2D eigenvalue weighted by Gasteiger charge is -2.36. The summed E-state index contributed by atoms with van der Waals surface area (Å²) in [7, 11) is 0. The van der Waals surface area contributed by atoms with Crippen LogP contribution in [0.5, 0.6) is 0 Å². The Morgan fingerprint density at radius 3 is 2.42 bits per heavy atom. The molecule has 1 unspecified atom stereocenters. The number of benzene rings is 2. The number of pyridine rings is 1. The molecule has 2 amide bonds. The van der Waals surface area contributed by atoms with Crippen LogP contribution in [0.1, 0.15) is 72.3 Å². The number of hydrogen-bond acceptors (Lipinski definition) is 4. The smallest absolute Gasteiger partial charge is 0.254 e. The van der Waals surface area contributed by atoms with E-state index in [1.165, 1.54) is 6.92 Å². The van der Waals surface area contributed by atoms with Gasteiger partial charge < -0.3 is 10.2 Å². The van der Waals surface area contributed by atoms with E-state index in [1.54, 1.807) is 11.1 Å². The molecule has 4 rings (SSSR count). The summed E-state index contributed by atoms with van der Waals surface area (Å²) in [6, 6.07) is 14.6. The molecular formula is C32H37N3O3. The van der Waals surface area contributed by atoms with Crippen molar-refractivity contribution >= 4 is 17.6 Å². The second kappa shape index (κ2) is 11.7. The number of amides is 2. The summed E-state index contributed by atoms with van der Waals surface area (Å²) in [4.78, 5) is 45.7. The Morgan fingerprint density at radius 1 is 1.03 bits per heavy atom. The first-order valence-electron chi connectivity index (χ1n) is 13.4. The number of fused-ring (bicyclic) bond motifs is 1. The average molecular weight is 512 g/mol. The van der Waals surface area contributed by atoms with Gasteiger partial charge in [0, 0.05) is 36.5 Å². The van der Waals surface area contributed by atoms with Gasteiger partial charge in [-0.3, -0.25) is 19.4 Å². The maximum absolute atomic E-state index is 13.8. The lowest BCUT2D eigenvalue weighted by atomic mass is 9.93. The van der Waals surface area contributed by atoms with Crippen molar-refractivity contribution in [1.29, 1.82) is 0 Å². The summed E-state index contributed by atoms with van der Waals surface area (Å²) >= 11 is 0. The van der Waals surface area contributed by atoms with Crippen LogP contribution >= 0.6 is 0 Å². The van der Waals surface area contributed by atoms with Gasteiger partial charge in [0.2, 0.25) is 5.91 Å². The zero-order valence-corrected chi connectivity index (χ0v) is 23.0. The highest BCUT2D eigenvalue weighted by atomic mass is 16.2. The van der Waals surface area contributed by atoms with Crippen molar-refractivity contribution in [2.24, 2.45) is 5.92 Å². The molecule has 2 atom stereocenters. The maximum atomic E-state index is 13.8. The van der Waals surface area contributed by atoms with Gasteiger partial charge >= 0.3 is 0 Å². The summed E-state index contributed by atoms with van der Waals surface area (Å²) in [5, 5.41) is 3.13. The van der Waals surface area contributed by atoms with E-state index in [0.717, 1.165) is 33.4 Å². The van der Waals surface area contributed by atoms with Gasteiger partial charge in [-0.2, -0.15) is 0 Å². The summed E-state index contributed by atoms with van der Waals surface area (Å²) in [5.74, 6) is -0.184. The largest absolute Gasteiger partial charge is 0.347 e. The summed E-state index contributed by atoms with van der Waals surface area (Å²) in [6.07, 6.45) is 4.92. The molecular weight excluding hydrogens is 474 g/mol. The first-order chi connectivity index (χ1) is 18.2. The third-order valence-electron chi connectivity index (χ3n) is 7.24. The molecule has 0 radical (unpaired) electrons. The quantitative estimate of drug-likeness (QED) is 0.405. The van der Waals surface area contributed by atoms with E-state index in [0.29, 0.717) is 24.9 Å². The molecule has 0 bridgehead atoms. The topological polar surface area (TPSA) is 79.4 Å². The van der Waals surface area contributed by atoms with Gasteiger partial charge in [0.05, 0.1) is 6.04 Å². The highest BCUT2D eigenvalue weighted by Gasteiger charge is 2.35. The normalized spacial score (nSPS) is 14.7. The van der Waals surface area contributed by atoms with Crippen molar-refractivity contribution in [1.82, 2.24) is 15.2 Å². The van der Waals surface area contributed by atoms with Crippen LogP contribution in [0.4, 0.5) is 0 Å². The number of carbonyl (C=O) groups excluding carboxylic acids is 3. The fourth-order valence-electron chi connectivity index (χ4n) is 5.43. The lowest BCUT2D eigenvalue weighted by Crippen LogP contribution is -2.53. The van der Waals surface area contributed by atoms with Crippen molar-refractivity contribution in [3.8, 4) is 11.1 Å². The first kappa shape index (κ1) is 27.2. The molecule has 0 saturated heterocycles. The fourth-order valence-corrected chi connectivity index (χ4v) is 5.43. The highest BCUT2D eigenvalue weighted by Crippen LogP contribution is 2.30. The van der Waals surface area contributed by atoms with Crippen molar-refractivity contribution in [3.63, 3.8) is 0 Å². The number of nitrogens with zero attached hydrogens (tertiary/aromatic N) is 2. The van der Waals surface area contributed by atoms with Crippen LogP contribution in [-0.2, 0) is 16.0 Å². The van der Waals surface area contributed by atoms with Gasteiger partial charge in [0.15, 0.2) is 0 Å². The molecule has 1 aliphatic rings. The third kappa shape index (κ3) is 6.01. The SMILES string of the molecule is CC(=O)C[C@H](NC(=O)C(CC(C)C)N1CCc2ccccc2C1=O)c1cncc(-c2c(C)cccc2C)c1. The third-order valence-corrected chi connectivity index (χ3v) is 7.24. The Labute approximate surface area is 225 Å². The number of carbonyl (C=O) groups is 3. The summed E-state index contributed by atoms with van der Waals surface area (Å²) in [5.41, 5.74) is 6.76. The number of aromatic nitrogens is 1. The molecule has 1 aromatic heterocycles. The molecule has 0 aliphatic carbocycles. The van der Waals surface area contributed by atoms with Gasteiger partial charge in [-0.1, -0.05) is 50.2 Å². The van der Waals surface area contributed by atoms with E-state index in [-0.39, 0.29) is 29.9 Å². The highest BCUT2D eigenvalue weighted by molar-refractivity contribution is 5.99. The number of Topliss-reactive ketones (excluding diaryl/α,β-unsaturated/α-hetero) is 1. The molecule has 6 nitrogen and oxygen atoms in total. The van der Waals surface area contributed by atoms with Crippen molar-refractivity contribution in [2.75, 3.05) is 6.54 Å². The zero-order valence-electron chi connectivity index (χ0n) is 23.0. The molecule has 6 heteroatoms. The van der Waals surface area contributed by atoms with Crippen molar-refractivity contribution in [3.05, 3.63) is 88.7 Å². The second-order valence-electron chi connectivity index (χ2n) is 10.8. The van der Waals surface area contributed by atoms with Gasteiger partial charge in [-0.05, 0) is 79.5 Å². The molecule has 1 N–H and O–H groups in total. The van der Waals surface area contributed by atoms with Crippen molar-refractivity contribution < 1.29 is 14.4 Å². The molecule has 2 aromatic carbocycles. The van der Waals surface area contributed by atoms with E-state index in [9.17, 15) is 14.4 Å². The Morgan fingerprint density at radius 2 is 1.74 bits per heavy atom. The predicted molar refractivity (Wildman–Crippen MR) is 150 cm³/mol. The van der Waals surface area contributed by atoms with E-state index < -0.39 is 12.1 Å². The Bertz CT molecular complexity index is 1330. The molecule has 1 aliphatic heterocycles. The van der Waals surface area contributed by atoms with Crippen molar-refractivity contribution in [2.45, 2.75) is 66.0 Å². The van der Waals surface area contributed by atoms with Gasteiger partial charge in [-0.25, -0.2) is 0 Å². The van der Waals surface area contributed by atoms with Crippen LogP contribution in [0.25, 0.3) is 11.1 Å². The average Bonchev–Trinajstić information content (AvgIpc) is 2.87. The van der Waals surface area contributed by atoms with E-state index >= 15 is 0 Å². The standard InChI is InChI=1S/C32H37N3O3/c1-20(2)15-29(35-14-13-24-11-6-7-12-27(24)32(35)38)31(37)34-28(16-23(5)36)25-17-26(19-33-18-25)30-21(3)9-8-10-22(30)4/h6-12,17-20,28-29H,13-16H2,1-5H3,(H,34,37)/t28-,29?/m0/s1. The van der Waals surface area contributed by atoms with Gasteiger partial charge in [0.25, 0.3) is 5.91 Å². The van der Waals surface area contributed by atoms with Crippen LogP contribution in [0.3, 0.4) is 0 Å². The molecule has 0 saturated carbocycles. The number of aryl methyl sites for hydroxylation is 2. The fraction of sp³-hybridized carbons (Fsp3) is 0.375. The van der Waals surface area contributed by atoms with E-state index in [1.807, 2.05) is 56.4 Å².